The molecule has 7 nitrogen and oxygen atoms in total. The van der Waals surface area contributed by atoms with Gasteiger partial charge in [0.1, 0.15) is 5.01 Å². The molecule has 9 heteroatoms. The molecule has 1 fully saturated rings. The second kappa shape index (κ2) is 8.32. The Morgan fingerprint density at radius 1 is 1.19 bits per heavy atom. The molecule has 0 aliphatic heterocycles. The lowest BCUT2D eigenvalue weighted by atomic mass is 10.2. The zero-order valence-corrected chi connectivity index (χ0v) is 18.8. The summed E-state index contributed by atoms with van der Waals surface area (Å²) in [5.41, 5.74) is 8.40. The highest BCUT2D eigenvalue weighted by Gasteiger charge is 2.38. The number of aromatic nitrogens is 1. The van der Waals surface area contributed by atoms with Gasteiger partial charge in [0.15, 0.2) is 9.84 Å². The molecule has 0 spiro atoms. The van der Waals surface area contributed by atoms with E-state index in [1.54, 1.807) is 50.4 Å². The largest absolute Gasteiger partial charge is 0.447 e. The molecule has 0 saturated heterocycles. The first kappa shape index (κ1) is 21.3. The number of ether oxygens (including phenoxy) is 1. The van der Waals surface area contributed by atoms with Gasteiger partial charge in [0, 0.05) is 28.7 Å². The number of benzene rings is 2. The van der Waals surface area contributed by atoms with Crippen LogP contribution in [0, 0.1) is 0 Å². The minimum atomic E-state index is -3.40. The van der Waals surface area contributed by atoms with Crippen LogP contribution in [0.5, 0.6) is 0 Å². The maximum absolute atomic E-state index is 12.9. The van der Waals surface area contributed by atoms with Crippen molar-refractivity contribution in [1.29, 1.82) is 0 Å². The second-order valence-electron chi connectivity index (χ2n) is 7.69. The molecule has 1 heterocycles. The summed E-state index contributed by atoms with van der Waals surface area (Å²) < 4.78 is 30.9. The summed E-state index contributed by atoms with van der Waals surface area (Å²) in [5, 5.41) is 3.10. The Balaban J connectivity index is 1.59. The Bertz CT molecular complexity index is 1210. The summed E-state index contributed by atoms with van der Waals surface area (Å²) >= 11 is 1.41. The van der Waals surface area contributed by atoms with Crippen molar-refractivity contribution in [3.8, 4) is 21.0 Å². The lowest BCUT2D eigenvalue weighted by Gasteiger charge is -2.10. The number of nitrogens with two attached hydrogens (primary N) is 1. The normalized spacial score (nSPS) is 13.9. The molecule has 2 aromatic carbocycles. The van der Waals surface area contributed by atoms with Gasteiger partial charge in [-0.3, -0.25) is 5.32 Å². The number of nitrogens with zero attached hydrogens (tertiary/aromatic N) is 1. The molecule has 0 atom stereocenters. The van der Waals surface area contributed by atoms with Gasteiger partial charge >= 0.3 is 6.09 Å². The quantitative estimate of drug-likeness (QED) is 0.507. The molecule has 1 saturated carbocycles. The van der Waals surface area contributed by atoms with Crippen molar-refractivity contribution in [3.63, 3.8) is 0 Å². The highest BCUT2D eigenvalue weighted by molar-refractivity contribution is 7.92. The number of thiazole rings is 1. The molecular weight excluding hydrogens is 434 g/mol. The predicted octanol–water partition coefficient (Wildman–Crippen LogP) is 4.95. The average molecular weight is 458 g/mol. The topological polar surface area (TPSA) is 111 Å². The Morgan fingerprint density at radius 2 is 1.90 bits per heavy atom. The number of carbonyl (C=O) groups excluding carboxylic acids is 1. The van der Waals surface area contributed by atoms with Crippen LogP contribution in [0.1, 0.15) is 26.7 Å². The van der Waals surface area contributed by atoms with E-state index >= 15 is 0 Å². The molecule has 0 unspecified atom stereocenters. The number of hydrogen-bond acceptors (Lipinski definition) is 7. The number of sulfone groups is 1. The van der Waals surface area contributed by atoms with Gasteiger partial charge in [-0.2, -0.15) is 0 Å². The smallest absolute Gasteiger partial charge is 0.411 e. The van der Waals surface area contributed by atoms with Crippen LogP contribution in [0.25, 0.3) is 21.0 Å². The molecule has 1 aromatic heterocycles. The second-order valence-corrected chi connectivity index (χ2v) is 10.9. The monoisotopic (exact) mass is 457 g/mol. The van der Waals surface area contributed by atoms with Gasteiger partial charge in [0.2, 0.25) is 0 Å². The fourth-order valence-electron chi connectivity index (χ4n) is 3.13. The highest BCUT2D eigenvalue weighted by atomic mass is 32.2. The summed E-state index contributed by atoms with van der Waals surface area (Å²) in [4.78, 5) is 17.2. The maximum Gasteiger partial charge on any atom is 0.411 e. The third-order valence-electron chi connectivity index (χ3n) is 4.77. The average Bonchev–Trinajstić information content (AvgIpc) is 3.47. The van der Waals surface area contributed by atoms with Gasteiger partial charge < -0.3 is 10.5 Å². The standard InChI is InChI=1S/C22H23N3O4S2/c1-13(2)29-22(26)25-16-6-3-14(4-7-16)21-24-12-19(30-21)18-10-5-15(23)11-20(18)31(27,28)17-8-9-17/h3-7,10-13,17H,8-9,23H2,1-2H3,(H,25,26). The van der Waals surface area contributed by atoms with E-state index in [2.05, 4.69) is 10.3 Å². The Hall–Kier alpha value is -2.91. The van der Waals surface area contributed by atoms with E-state index in [-0.39, 0.29) is 16.2 Å². The van der Waals surface area contributed by atoms with Crippen molar-refractivity contribution in [3.05, 3.63) is 48.7 Å². The van der Waals surface area contributed by atoms with Crippen LogP contribution in [0.4, 0.5) is 16.2 Å². The molecule has 1 aliphatic carbocycles. The summed E-state index contributed by atoms with van der Waals surface area (Å²) in [6, 6.07) is 12.2. The van der Waals surface area contributed by atoms with Gasteiger partial charge in [0.05, 0.1) is 21.1 Å². The molecule has 3 N–H and O–H groups in total. The lowest BCUT2D eigenvalue weighted by molar-refractivity contribution is 0.130. The van der Waals surface area contributed by atoms with Gasteiger partial charge in [-0.1, -0.05) is 6.07 Å². The van der Waals surface area contributed by atoms with Gasteiger partial charge in [-0.15, -0.1) is 11.3 Å². The molecule has 1 amide bonds. The molecule has 3 aromatic rings. The number of rotatable bonds is 6. The van der Waals surface area contributed by atoms with Crippen LogP contribution in [-0.4, -0.2) is 30.8 Å². The Labute approximate surface area is 185 Å². The zero-order valence-electron chi connectivity index (χ0n) is 17.2. The van der Waals surface area contributed by atoms with Crippen LogP contribution in [0.3, 0.4) is 0 Å². The maximum atomic E-state index is 12.9. The summed E-state index contributed by atoms with van der Waals surface area (Å²) in [6.45, 7) is 3.57. The van der Waals surface area contributed by atoms with E-state index < -0.39 is 15.9 Å². The predicted molar refractivity (Wildman–Crippen MR) is 123 cm³/mol. The number of nitrogens with one attached hydrogen (secondary N) is 1. The fourth-order valence-corrected chi connectivity index (χ4v) is 6.05. The van der Waals surface area contributed by atoms with Crippen LogP contribution >= 0.6 is 11.3 Å². The van der Waals surface area contributed by atoms with Crippen molar-refractivity contribution in [2.45, 2.75) is 42.9 Å². The minimum Gasteiger partial charge on any atom is -0.447 e. The summed E-state index contributed by atoms with van der Waals surface area (Å²) in [6.07, 6.45) is 2.36. The SMILES string of the molecule is CC(C)OC(=O)Nc1ccc(-c2ncc(-c3ccc(N)cc3S(=O)(=O)C3CC3)s2)cc1. The van der Waals surface area contributed by atoms with Gasteiger partial charge in [-0.25, -0.2) is 18.2 Å². The molecule has 162 valence electrons. The third-order valence-corrected chi connectivity index (χ3v) is 8.15. The van der Waals surface area contributed by atoms with E-state index in [1.165, 1.54) is 11.3 Å². The van der Waals surface area contributed by atoms with Crippen molar-refractivity contribution in [2.24, 2.45) is 0 Å². The molecule has 0 radical (unpaired) electrons. The van der Waals surface area contributed by atoms with E-state index in [9.17, 15) is 13.2 Å². The first-order valence-corrected chi connectivity index (χ1v) is 12.3. The van der Waals surface area contributed by atoms with E-state index in [0.29, 0.717) is 29.8 Å². The Morgan fingerprint density at radius 3 is 2.55 bits per heavy atom. The number of carbonyl (C=O) groups is 1. The van der Waals surface area contributed by atoms with Crippen LogP contribution in [0.15, 0.2) is 53.6 Å². The van der Waals surface area contributed by atoms with Crippen LogP contribution in [0.2, 0.25) is 0 Å². The first-order valence-electron chi connectivity index (χ1n) is 9.92. The van der Waals surface area contributed by atoms with Crippen LogP contribution < -0.4 is 11.1 Å². The lowest BCUT2D eigenvalue weighted by Crippen LogP contribution is -2.17. The number of nitrogen functional groups attached to an aromatic ring is 1. The van der Waals surface area contributed by atoms with E-state index in [1.807, 2.05) is 12.1 Å². The number of anilines is 2. The molecule has 1 aliphatic rings. The molecule has 31 heavy (non-hydrogen) atoms. The highest BCUT2D eigenvalue weighted by Crippen LogP contribution is 2.41. The van der Waals surface area contributed by atoms with Gasteiger partial charge in [0.25, 0.3) is 0 Å². The minimum absolute atomic E-state index is 0.199. The van der Waals surface area contributed by atoms with Crippen molar-refractivity contribution < 1.29 is 17.9 Å². The van der Waals surface area contributed by atoms with E-state index in [0.717, 1.165) is 15.4 Å². The van der Waals surface area contributed by atoms with Crippen molar-refractivity contribution in [2.75, 3.05) is 11.1 Å². The van der Waals surface area contributed by atoms with Crippen molar-refractivity contribution >= 4 is 38.6 Å². The molecule has 0 bridgehead atoms. The Kier molecular flexibility index (Phi) is 5.72. The summed E-state index contributed by atoms with van der Waals surface area (Å²) in [5.74, 6) is 0. The number of amides is 1. The zero-order chi connectivity index (χ0) is 22.2. The fraction of sp³-hybridized carbons (Fsp3) is 0.273. The van der Waals surface area contributed by atoms with Gasteiger partial charge in [-0.05, 0) is 63.1 Å². The van der Waals surface area contributed by atoms with Crippen molar-refractivity contribution in [1.82, 2.24) is 4.98 Å². The number of hydrogen-bond donors (Lipinski definition) is 2. The summed E-state index contributed by atoms with van der Waals surface area (Å²) in [7, 11) is -3.40. The first-order chi connectivity index (χ1) is 14.7. The van der Waals surface area contributed by atoms with E-state index in [4.69, 9.17) is 10.5 Å². The molecular formula is C22H23N3O4S2. The van der Waals surface area contributed by atoms with Crippen LogP contribution in [-0.2, 0) is 14.6 Å². The molecule has 4 rings (SSSR count). The third kappa shape index (κ3) is 4.72.